The van der Waals surface area contributed by atoms with E-state index in [-0.39, 0.29) is 17.7 Å². The second kappa shape index (κ2) is 11.1. The van der Waals surface area contributed by atoms with Gasteiger partial charge < -0.3 is 19.7 Å². The van der Waals surface area contributed by atoms with E-state index < -0.39 is 5.60 Å². The third kappa shape index (κ3) is 5.94. The van der Waals surface area contributed by atoms with E-state index >= 15 is 0 Å². The van der Waals surface area contributed by atoms with Gasteiger partial charge in [0.1, 0.15) is 17.2 Å². The maximum absolute atomic E-state index is 13.2. The van der Waals surface area contributed by atoms with Crippen molar-refractivity contribution in [3.8, 4) is 11.5 Å². The number of para-hydroxylation sites is 1. The number of thiazole rings is 1. The Bertz CT molecular complexity index is 1260. The fraction of sp³-hybridized carbons (Fsp3) is 0.346. The molecule has 36 heavy (non-hydrogen) atoms. The highest BCUT2D eigenvalue weighted by atomic mass is 35.5. The standard InChI is InChI=1S/C26H27Cl2N3O4S/c1-26(2,35-22-7-5-4-6-18(22)27)25(33)31-12-10-16(11-13-31)24-30-20(15-36-24)23(32)29-17-8-9-21(34-3)19(28)14-17/h4-9,14-16H,10-13H2,1-3H3,(H,29,32). The Balaban J connectivity index is 1.33. The van der Waals surface area contributed by atoms with Gasteiger partial charge in [-0.1, -0.05) is 35.3 Å². The Labute approximate surface area is 224 Å². The van der Waals surface area contributed by atoms with Crippen molar-refractivity contribution in [2.24, 2.45) is 0 Å². The number of benzene rings is 2. The van der Waals surface area contributed by atoms with Gasteiger partial charge >= 0.3 is 0 Å². The lowest BCUT2D eigenvalue weighted by Crippen LogP contribution is -2.51. The van der Waals surface area contributed by atoms with Crippen LogP contribution in [0.3, 0.4) is 0 Å². The smallest absolute Gasteiger partial charge is 0.275 e. The number of halogens is 2. The van der Waals surface area contributed by atoms with Crippen molar-refractivity contribution >= 4 is 52.0 Å². The Morgan fingerprint density at radius 1 is 1.08 bits per heavy atom. The highest BCUT2D eigenvalue weighted by molar-refractivity contribution is 7.10. The van der Waals surface area contributed by atoms with Gasteiger partial charge in [0.2, 0.25) is 0 Å². The Kier molecular flexibility index (Phi) is 8.07. The number of piperidine rings is 1. The Morgan fingerprint density at radius 2 is 1.81 bits per heavy atom. The zero-order chi connectivity index (χ0) is 25.9. The molecule has 0 unspecified atom stereocenters. The molecule has 0 radical (unpaired) electrons. The van der Waals surface area contributed by atoms with Crippen LogP contribution in [0.5, 0.6) is 11.5 Å². The van der Waals surface area contributed by atoms with Crippen molar-refractivity contribution < 1.29 is 19.1 Å². The minimum atomic E-state index is -1.05. The van der Waals surface area contributed by atoms with E-state index in [1.807, 2.05) is 17.0 Å². The summed E-state index contributed by atoms with van der Waals surface area (Å²) in [5.41, 5.74) is -0.127. The first-order valence-electron chi connectivity index (χ1n) is 11.5. The molecular formula is C26H27Cl2N3O4S. The van der Waals surface area contributed by atoms with E-state index in [0.717, 1.165) is 17.8 Å². The van der Waals surface area contributed by atoms with Crippen LogP contribution in [0.4, 0.5) is 5.69 Å². The van der Waals surface area contributed by atoms with Crippen LogP contribution in [0.15, 0.2) is 47.8 Å². The summed E-state index contributed by atoms with van der Waals surface area (Å²) in [6, 6.07) is 12.2. The van der Waals surface area contributed by atoms with Gasteiger partial charge in [-0.15, -0.1) is 11.3 Å². The summed E-state index contributed by atoms with van der Waals surface area (Å²) in [4.78, 5) is 32.3. The molecule has 1 N–H and O–H groups in total. The van der Waals surface area contributed by atoms with Crippen LogP contribution in [-0.4, -0.2) is 47.5 Å². The van der Waals surface area contributed by atoms with Gasteiger partial charge in [-0.2, -0.15) is 0 Å². The first-order chi connectivity index (χ1) is 17.2. The summed E-state index contributed by atoms with van der Waals surface area (Å²) >= 11 is 13.8. The van der Waals surface area contributed by atoms with Crippen molar-refractivity contribution in [1.29, 1.82) is 0 Å². The number of ether oxygens (including phenoxy) is 2. The number of nitrogens with one attached hydrogen (secondary N) is 1. The van der Waals surface area contributed by atoms with Crippen LogP contribution in [-0.2, 0) is 4.79 Å². The molecule has 0 bridgehead atoms. The maximum atomic E-state index is 13.2. The summed E-state index contributed by atoms with van der Waals surface area (Å²) < 4.78 is 11.1. The maximum Gasteiger partial charge on any atom is 0.275 e. The van der Waals surface area contributed by atoms with Crippen molar-refractivity contribution in [3.05, 3.63) is 68.6 Å². The molecule has 2 amide bonds. The minimum Gasteiger partial charge on any atom is -0.495 e. The summed E-state index contributed by atoms with van der Waals surface area (Å²) in [5.74, 6) is 0.818. The van der Waals surface area contributed by atoms with Crippen molar-refractivity contribution in [2.45, 2.75) is 38.2 Å². The van der Waals surface area contributed by atoms with E-state index in [1.54, 1.807) is 49.6 Å². The number of hydrogen-bond acceptors (Lipinski definition) is 6. The molecule has 7 nitrogen and oxygen atoms in total. The predicted molar refractivity (Wildman–Crippen MR) is 143 cm³/mol. The first kappa shape index (κ1) is 26.3. The number of likely N-dealkylation sites (tertiary alicyclic amines) is 1. The van der Waals surface area contributed by atoms with E-state index in [9.17, 15) is 9.59 Å². The molecule has 2 heterocycles. The molecule has 4 rings (SSSR count). The fourth-order valence-corrected chi connectivity index (χ4v) is 5.48. The summed E-state index contributed by atoms with van der Waals surface area (Å²) in [6.07, 6.45) is 1.52. The summed E-state index contributed by atoms with van der Waals surface area (Å²) in [7, 11) is 1.53. The van der Waals surface area contributed by atoms with E-state index in [2.05, 4.69) is 10.3 Å². The van der Waals surface area contributed by atoms with Crippen LogP contribution in [0.2, 0.25) is 10.0 Å². The average Bonchev–Trinajstić information content (AvgIpc) is 3.36. The summed E-state index contributed by atoms with van der Waals surface area (Å²) in [5, 5.41) is 6.35. The number of carbonyl (C=O) groups excluding carboxylic acids is 2. The van der Waals surface area contributed by atoms with Gasteiger partial charge in [0, 0.05) is 30.1 Å². The van der Waals surface area contributed by atoms with Gasteiger partial charge in [0.25, 0.3) is 11.8 Å². The molecular weight excluding hydrogens is 521 g/mol. The van der Waals surface area contributed by atoms with Crippen molar-refractivity contribution in [2.75, 3.05) is 25.5 Å². The first-order valence-corrected chi connectivity index (χ1v) is 13.1. The monoisotopic (exact) mass is 547 g/mol. The fourth-order valence-electron chi connectivity index (χ4n) is 4.08. The van der Waals surface area contributed by atoms with Gasteiger partial charge in [-0.25, -0.2) is 4.98 Å². The molecule has 1 aliphatic rings. The lowest BCUT2D eigenvalue weighted by molar-refractivity contribution is -0.146. The highest BCUT2D eigenvalue weighted by Crippen LogP contribution is 2.33. The van der Waals surface area contributed by atoms with E-state index in [1.165, 1.54) is 18.4 Å². The number of amides is 2. The highest BCUT2D eigenvalue weighted by Gasteiger charge is 2.37. The zero-order valence-electron chi connectivity index (χ0n) is 20.2. The number of methoxy groups -OCH3 is 1. The molecule has 10 heteroatoms. The molecule has 0 spiro atoms. The van der Waals surface area contributed by atoms with Gasteiger partial charge in [-0.3, -0.25) is 9.59 Å². The van der Waals surface area contributed by atoms with Crippen LogP contribution in [0.25, 0.3) is 0 Å². The van der Waals surface area contributed by atoms with Crippen LogP contribution in [0.1, 0.15) is 48.1 Å². The topological polar surface area (TPSA) is 80.8 Å². The molecule has 0 saturated carbocycles. The van der Waals surface area contributed by atoms with Crippen molar-refractivity contribution in [1.82, 2.24) is 9.88 Å². The molecule has 0 aliphatic carbocycles. The van der Waals surface area contributed by atoms with Crippen molar-refractivity contribution in [3.63, 3.8) is 0 Å². The molecule has 0 atom stereocenters. The minimum absolute atomic E-state index is 0.0850. The molecule has 2 aromatic carbocycles. The molecule has 1 aromatic heterocycles. The molecule has 190 valence electrons. The molecule has 1 saturated heterocycles. The average molecular weight is 548 g/mol. The number of anilines is 1. The number of rotatable bonds is 7. The predicted octanol–water partition coefficient (Wildman–Crippen LogP) is 6.27. The second-order valence-electron chi connectivity index (χ2n) is 8.98. The van der Waals surface area contributed by atoms with Crippen LogP contribution < -0.4 is 14.8 Å². The van der Waals surface area contributed by atoms with Gasteiger partial charge in [0.15, 0.2) is 5.60 Å². The zero-order valence-corrected chi connectivity index (χ0v) is 22.5. The SMILES string of the molecule is COc1ccc(NC(=O)c2csc(C3CCN(C(=O)C(C)(C)Oc4ccccc4Cl)CC3)n2)cc1Cl. The number of nitrogens with zero attached hydrogens (tertiary/aromatic N) is 2. The van der Waals surface area contributed by atoms with E-state index in [4.69, 9.17) is 32.7 Å². The Morgan fingerprint density at radius 3 is 2.47 bits per heavy atom. The Hall–Kier alpha value is -2.81. The van der Waals surface area contributed by atoms with E-state index in [0.29, 0.717) is 46.0 Å². The molecule has 1 aliphatic heterocycles. The quantitative estimate of drug-likeness (QED) is 0.376. The van der Waals surface area contributed by atoms with Crippen LogP contribution in [0, 0.1) is 0 Å². The number of aromatic nitrogens is 1. The van der Waals surface area contributed by atoms with Gasteiger partial charge in [0.05, 0.1) is 22.2 Å². The van der Waals surface area contributed by atoms with Gasteiger partial charge in [-0.05, 0) is 57.0 Å². The third-order valence-corrected chi connectivity index (χ3v) is 7.63. The normalized spacial score (nSPS) is 14.4. The largest absolute Gasteiger partial charge is 0.495 e. The molecule has 3 aromatic rings. The molecule has 1 fully saturated rings. The third-order valence-electron chi connectivity index (χ3n) is 6.01. The second-order valence-corrected chi connectivity index (χ2v) is 10.7. The number of hydrogen-bond donors (Lipinski definition) is 1. The number of carbonyl (C=O) groups is 2. The lowest BCUT2D eigenvalue weighted by Gasteiger charge is -2.36. The van der Waals surface area contributed by atoms with Crippen LogP contribution >= 0.6 is 34.5 Å². The lowest BCUT2D eigenvalue weighted by atomic mass is 9.96. The summed E-state index contributed by atoms with van der Waals surface area (Å²) in [6.45, 7) is 4.69.